The van der Waals surface area contributed by atoms with E-state index in [1.807, 2.05) is 0 Å². The van der Waals surface area contributed by atoms with Crippen LogP contribution in [0.25, 0.3) is 0 Å². The molecule has 0 aromatic heterocycles. The number of hydrogen-bond acceptors (Lipinski definition) is 2. The van der Waals surface area contributed by atoms with Gasteiger partial charge in [-0.1, -0.05) is 26.7 Å². The van der Waals surface area contributed by atoms with Crippen molar-refractivity contribution in [2.45, 2.75) is 70.9 Å². The summed E-state index contributed by atoms with van der Waals surface area (Å²) in [5.41, 5.74) is 0. The minimum atomic E-state index is -0.609. The van der Waals surface area contributed by atoms with E-state index in [-0.39, 0.29) is 6.04 Å². The van der Waals surface area contributed by atoms with Gasteiger partial charge in [0.25, 0.3) is 0 Å². The third-order valence-electron chi connectivity index (χ3n) is 4.89. The molecule has 2 rings (SSSR count). The smallest absolute Gasteiger partial charge is 0.320 e. The lowest BCUT2D eigenvalue weighted by atomic mass is 9.78. The van der Waals surface area contributed by atoms with Gasteiger partial charge in [0.05, 0.1) is 0 Å². The van der Waals surface area contributed by atoms with Crippen molar-refractivity contribution in [1.82, 2.24) is 4.90 Å². The fraction of sp³-hybridized carbons (Fsp3) is 0.933. The Morgan fingerprint density at radius 1 is 1.11 bits per heavy atom. The lowest BCUT2D eigenvalue weighted by Crippen LogP contribution is -2.51. The third kappa shape index (κ3) is 3.05. The van der Waals surface area contributed by atoms with Crippen LogP contribution in [-0.4, -0.2) is 34.6 Å². The van der Waals surface area contributed by atoms with Crippen LogP contribution in [-0.2, 0) is 4.79 Å². The van der Waals surface area contributed by atoms with Crippen LogP contribution in [0.5, 0.6) is 0 Å². The first-order valence-electron chi connectivity index (χ1n) is 7.58. The molecule has 1 aliphatic heterocycles. The van der Waals surface area contributed by atoms with Gasteiger partial charge in [-0.05, 0) is 50.5 Å². The standard InChI is InChI=1S/C15H27NO2/c1-11-7-8-13(12(2)10-11)16-9-5-3-4-6-14(16)15(17)18/h11-14H,3-10H2,1-2H3,(H,17,18). The van der Waals surface area contributed by atoms with Crippen LogP contribution in [0.3, 0.4) is 0 Å². The number of carboxylic acid groups (broad SMARTS) is 1. The number of carbonyl (C=O) groups is 1. The number of nitrogens with zero attached hydrogens (tertiary/aromatic N) is 1. The van der Waals surface area contributed by atoms with Crippen molar-refractivity contribution in [3.8, 4) is 0 Å². The van der Waals surface area contributed by atoms with Crippen LogP contribution in [0.1, 0.15) is 58.8 Å². The molecule has 0 aromatic carbocycles. The maximum Gasteiger partial charge on any atom is 0.320 e. The molecular weight excluding hydrogens is 226 g/mol. The SMILES string of the molecule is CC1CCC(N2CCCCCC2C(=O)O)C(C)C1. The van der Waals surface area contributed by atoms with Gasteiger partial charge >= 0.3 is 5.97 Å². The number of hydrogen-bond donors (Lipinski definition) is 1. The van der Waals surface area contributed by atoms with Crippen molar-refractivity contribution < 1.29 is 9.90 Å². The Morgan fingerprint density at radius 3 is 2.56 bits per heavy atom. The molecular formula is C15H27NO2. The Balaban J connectivity index is 2.09. The van der Waals surface area contributed by atoms with Gasteiger partial charge < -0.3 is 5.11 Å². The monoisotopic (exact) mass is 253 g/mol. The van der Waals surface area contributed by atoms with E-state index in [0.29, 0.717) is 12.0 Å². The Bertz CT molecular complexity index is 292. The molecule has 104 valence electrons. The average Bonchev–Trinajstić information content (AvgIpc) is 2.54. The van der Waals surface area contributed by atoms with Gasteiger partial charge in [-0.3, -0.25) is 9.69 Å². The lowest BCUT2D eigenvalue weighted by molar-refractivity contribution is -0.145. The molecule has 1 saturated carbocycles. The fourth-order valence-corrected chi connectivity index (χ4v) is 3.93. The molecule has 1 N–H and O–H groups in total. The molecule has 2 aliphatic rings. The Labute approximate surface area is 111 Å². The lowest BCUT2D eigenvalue weighted by Gasteiger charge is -2.42. The van der Waals surface area contributed by atoms with E-state index in [0.717, 1.165) is 25.3 Å². The topological polar surface area (TPSA) is 40.5 Å². The highest BCUT2D eigenvalue weighted by Crippen LogP contribution is 2.34. The summed E-state index contributed by atoms with van der Waals surface area (Å²) in [5, 5.41) is 9.46. The van der Waals surface area contributed by atoms with Crippen LogP contribution in [0, 0.1) is 11.8 Å². The van der Waals surface area contributed by atoms with Crippen molar-refractivity contribution in [3.63, 3.8) is 0 Å². The molecule has 4 unspecified atom stereocenters. The van der Waals surface area contributed by atoms with Crippen molar-refractivity contribution in [1.29, 1.82) is 0 Å². The van der Waals surface area contributed by atoms with E-state index >= 15 is 0 Å². The van der Waals surface area contributed by atoms with Gasteiger partial charge in [0, 0.05) is 6.04 Å². The van der Waals surface area contributed by atoms with E-state index < -0.39 is 5.97 Å². The predicted molar refractivity (Wildman–Crippen MR) is 72.6 cm³/mol. The second-order valence-electron chi connectivity index (χ2n) is 6.40. The third-order valence-corrected chi connectivity index (χ3v) is 4.89. The summed E-state index contributed by atoms with van der Waals surface area (Å²) in [6.07, 6.45) is 7.98. The first kappa shape index (κ1) is 13.9. The highest BCUT2D eigenvalue weighted by atomic mass is 16.4. The highest BCUT2D eigenvalue weighted by Gasteiger charge is 2.36. The molecule has 0 aromatic rings. The van der Waals surface area contributed by atoms with Gasteiger partial charge in [-0.25, -0.2) is 0 Å². The summed E-state index contributed by atoms with van der Waals surface area (Å²) in [6, 6.07) is 0.272. The molecule has 2 fully saturated rings. The Morgan fingerprint density at radius 2 is 1.89 bits per heavy atom. The molecule has 0 bridgehead atoms. The molecule has 0 amide bonds. The molecule has 18 heavy (non-hydrogen) atoms. The van der Waals surface area contributed by atoms with Crippen molar-refractivity contribution in [2.24, 2.45) is 11.8 Å². The largest absolute Gasteiger partial charge is 0.480 e. The fourth-order valence-electron chi connectivity index (χ4n) is 3.93. The molecule has 3 nitrogen and oxygen atoms in total. The first-order chi connectivity index (χ1) is 8.59. The molecule has 3 heteroatoms. The van der Waals surface area contributed by atoms with E-state index in [1.54, 1.807) is 0 Å². The summed E-state index contributed by atoms with van der Waals surface area (Å²) in [7, 11) is 0. The van der Waals surface area contributed by atoms with Crippen molar-refractivity contribution in [3.05, 3.63) is 0 Å². The molecule has 0 radical (unpaired) electrons. The number of likely N-dealkylation sites (tertiary alicyclic amines) is 1. The summed E-state index contributed by atoms with van der Waals surface area (Å²) in [4.78, 5) is 13.8. The van der Waals surface area contributed by atoms with Gasteiger partial charge in [0.2, 0.25) is 0 Å². The zero-order chi connectivity index (χ0) is 13.1. The van der Waals surface area contributed by atoms with Crippen LogP contribution in [0.15, 0.2) is 0 Å². The first-order valence-corrected chi connectivity index (χ1v) is 7.58. The average molecular weight is 253 g/mol. The predicted octanol–water partition coefficient (Wildman–Crippen LogP) is 3.14. The van der Waals surface area contributed by atoms with Crippen LogP contribution < -0.4 is 0 Å². The van der Waals surface area contributed by atoms with Crippen molar-refractivity contribution in [2.75, 3.05) is 6.54 Å². The van der Waals surface area contributed by atoms with Gasteiger partial charge in [0.15, 0.2) is 0 Å². The Hall–Kier alpha value is -0.570. The van der Waals surface area contributed by atoms with Crippen LogP contribution >= 0.6 is 0 Å². The minimum Gasteiger partial charge on any atom is -0.480 e. The number of carboxylic acids is 1. The molecule has 1 heterocycles. The summed E-state index contributed by atoms with van der Waals surface area (Å²) >= 11 is 0. The summed E-state index contributed by atoms with van der Waals surface area (Å²) in [6.45, 7) is 5.62. The van der Waals surface area contributed by atoms with Crippen molar-refractivity contribution >= 4 is 5.97 Å². The normalized spacial score (nSPS) is 39.2. The summed E-state index contributed by atoms with van der Waals surface area (Å²) < 4.78 is 0. The van der Waals surface area contributed by atoms with E-state index in [4.69, 9.17) is 0 Å². The van der Waals surface area contributed by atoms with E-state index in [2.05, 4.69) is 18.7 Å². The second-order valence-corrected chi connectivity index (χ2v) is 6.40. The second kappa shape index (κ2) is 6.05. The van der Waals surface area contributed by atoms with Gasteiger partial charge in [-0.2, -0.15) is 0 Å². The van der Waals surface area contributed by atoms with E-state index in [9.17, 15) is 9.90 Å². The molecule has 1 saturated heterocycles. The zero-order valence-corrected chi connectivity index (χ0v) is 11.8. The minimum absolute atomic E-state index is 0.228. The maximum absolute atomic E-state index is 11.5. The maximum atomic E-state index is 11.5. The number of aliphatic carboxylic acids is 1. The molecule has 1 aliphatic carbocycles. The van der Waals surface area contributed by atoms with E-state index in [1.165, 1.54) is 32.1 Å². The summed E-state index contributed by atoms with van der Waals surface area (Å²) in [5.74, 6) is 0.850. The van der Waals surface area contributed by atoms with Gasteiger partial charge in [0.1, 0.15) is 6.04 Å². The quantitative estimate of drug-likeness (QED) is 0.822. The van der Waals surface area contributed by atoms with Crippen LogP contribution in [0.4, 0.5) is 0 Å². The molecule has 0 spiro atoms. The number of rotatable bonds is 2. The van der Waals surface area contributed by atoms with Crippen LogP contribution in [0.2, 0.25) is 0 Å². The van der Waals surface area contributed by atoms with Gasteiger partial charge in [-0.15, -0.1) is 0 Å². The molecule has 4 atom stereocenters. The highest BCUT2D eigenvalue weighted by molar-refractivity contribution is 5.73. The zero-order valence-electron chi connectivity index (χ0n) is 11.8. The Kier molecular flexibility index (Phi) is 4.66.